The number of nitrogens with zero attached hydrogens (tertiary/aromatic N) is 1. The van der Waals surface area contributed by atoms with Crippen molar-refractivity contribution in [3.05, 3.63) is 163 Å². The number of pyridine rings is 1. The van der Waals surface area contributed by atoms with Gasteiger partial charge < -0.3 is 0 Å². The summed E-state index contributed by atoms with van der Waals surface area (Å²) in [7, 11) is 2.18. The Kier molecular flexibility index (Phi) is 6.54. The van der Waals surface area contributed by atoms with Crippen molar-refractivity contribution in [3.63, 3.8) is 0 Å². The highest BCUT2D eigenvalue weighted by Crippen LogP contribution is 2.51. The molecule has 214 valence electrons. The van der Waals surface area contributed by atoms with Crippen molar-refractivity contribution >= 4 is 0 Å². The van der Waals surface area contributed by atoms with Crippen LogP contribution in [0.1, 0.15) is 11.1 Å². The Hall–Kier alpha value is -5.53. The fourth-order valence-corrected chi connectivity index (χ4v) is 7.20. The molecule has 0 aliphatic heterocycles. The normalized spacial score (nSPS) is 11.4. The quantitative estimate of drug-likeness (QED) is 0.184. The third-order valence-electron chi connectivity index (χ3n) is 9.37. The summed E-state index contributed by atoms with van der Waals surface area (Å²) in [4.78, 5) is 0. The Morgan fingerprint density at radius 3 is 1.42 bits per heavy atom. The van der Waals surface area contributed by atoms with Gasteiger partial charge in [-0.25, -0.2) is 4.57 Å². The molecule has 1 aliphatic carbocycles. The molecule has 1 aromatic heterocycles. The summed E-state index contributed by atoms with van der Waals surface area (Å²) < 4.78 is 2.31. The molecule has 45 heavy (non-hydrogen) atoms. The summed E-state index contributed by atoms with van der Waals surface area (Å²) in [6, 6.07) is 53.3. The topological polar surface area (TPSA) is 3.88 Å². The average molecular weight is 577 g/mol. The lowest BCUT2D eigenvalue weighted by atomic mass is 9.78. The predicted octanol–water partition coefficient (Wildman–Crippen LogP) is 11.1. The molecule has 8 rings (SSSR count). The van der Waals surface area contributed by atoms with E-state index in [0.717, 1.165) is 0 Å². The van der Waals surface area contributed by atoms with E-state index in [1.54, 1.807) is 0 Å². The lowest BCUT2D eigenvalue weighted by Gasteiger charge is -2.25. The van der Waals surface area contributed by atoms with Gasteiger partial charge in [0.25, 0.3) is 0 Å². The maximum atomic E-state index is 2.40. The van der Waals surface area contributed by atoms with Crippen molar-refractivity contribution in [1.82, 2.24) is 0 Å². The van der Waals surface area contributed by atoms with E-state index < -0.39 is 0 Å². The molecule has 0 spiro atoms. The van der Waals surface area contributed by atoms with Crippen molar-refractivity contribution in [3.8, 4) is 78.0 Å². The van der Waals surface area contributed by atoms with Crippen LogP contribution in [-0.2, 0) is 7.05 Å². The van der Waals surface area contributed by atoms with Gasteiger partial charge in [0, 0.05) is 17.2 Å². The third kappa shape index (κ3) is 4.51. The van der Waals surface area contributed by atoms with Crippen LogP contribution in [0.5, 0.6) is 0 Å². The number of hydrogen-bond acceptors (Lipinski definition) is 0. The predicted molar refractivity (Wildman–Crippen MR) is 189 cm³/mol. The van der Waals surface area contributed by atoms with E-state index in [4.69, 9.17) is 0 Å². The van der Waals surface area contributed by atoms with Crippen LogP contribution in [0.25, 0.3) is 78.0 Å². The molecule has 1 heteroatoms. The van der Waals surface area contributed by atoms with Crippen molar-refractivity contribution in [2.45, 2.75) is 13.8 Å². The van der Waals surface area contributed by atoms with E-state index in [-0.39, 0.29) is 0 Å². The Morgan fingerprint density at radius 1 is 0.356 bits per heavy atom. The summed E-state index contributed by atoms with van der Waals surface area (Å²) in [5.74, 6) is 0. The highest BCUT2D eigenvalue weighted by Gasteiger charge is 2.28. The molecule has 0 saturated carbocycles. The summed E-state index contributed by atoms with van der Waals surface area (Å²) in [6.45, 7) is 4.47. The molecular weight excluding hydrogens is 542 g/mol. The zero-order valence-corrected chi connectivity index (χ0v) is 25.9. The number of aromatic nitrogens is 1. The smallest absolute Gasteiger partial charge is 0.201 e. The second-order valence-corrected chi connectivity index (χ2v) is 12.1. The van der Waals surface area contributed by atoms with E-state index in [2.05, 4.69) is 177 Å². The molecule has 1 aliphatic rings. The zero-order valence-electron chi connectivity index (χ0n) is 25.9. The minimum atomic E-state index is 1.21. The van der Waals surface area contributed by atoms with Crippen LogP contribution in [0.4, 0.5) is 0 Å². The molecule has 0 bridgehead atoms. The summed E-state index contributed by atoms with van der Waals surface area (Å²) in [6.07, 6.45) is 2.28. The first-order chi connectivity index (χ1) is 22.1. The second-order valence-electron chi connectivity index (χ2n) is 12.1. The van der Waals surface area contributed by atoms with Crippen LogP contribution in [0.3, 0.4) is 0 Å². The molecule has 7 aromatic rings. The first-order valence-corrected chi connectivity index (χ1v) is 15.7. The molecule has 0 amide bonds. The van der Waals surface area contributed by atoms with Gasteiger partial charge in [-0.15, -0.1) is 0 Å². The van der Waals surface area contributed by atoms with E-state index in [1.807, 2.05) is 0 Å². The van der Waals surface area contributed by atoms with Gasteiger partial charge in [-0.1, -0.05) is 140 Å². The summed E-state index contributed by atoms with van der Waals surface area (Å²) >= 11 is 0. The fourth-order valence-electron chi connectivity index (χ4n) is 7.20. The third-order valence-corrected chi connectivity index (χ3v) is 9.37. The second kappa shape index (κ2) is 10.9. The Bertz CT molecular complexity index is 2220. The highest BCUT2D eigenvalue weighted by atomic mass is 14.9. The lowest BCUT2D eigenvalue weighted by molar-refractivity contribution is -0.660. The van der Waals surface area contributed by atoms with E-state index >= 15 is 0 Å². The van der Waals surface area contributed by atoms with Crippen LogP contribution in [0.2, 0.25) is 0 Å². The molecule has 0 atom stereocenters. The number of aryl methyl sites for hydroxylation is 3. The van der Waals surface area contributed by atoms with Gasteiger partial charge in [0.2, 0.25) is 5.69 Å². The van der Waals surface area contributed by atoms with Gasteiger partial charge in [0.15, 0.2) is 6.20 Å². The molecule has 6 aromatic carbocycles. The summed E-state index contributed by atoms with van der Waals surface area (Å²) in [5, 5.41) is 0. The first-order valence-electron chi connectivity index (χ1n) is 15.7. The standard InChI is InChI=1S/C44H34N/c1-29-21-26-40-38-19-10-9-17-36(38)34-15-7-8-16-35(34)37-18-11-12-20-39(37)44(40)43(29)42-27-41(30(2)28-45(42)3)33-24-22-32(23-25-33)31-13-5-4-6-14-31/h4-28H,1-3H3/q+1. The van der Waals surface area contributed by atoms with E-state index in [9.17, 15) is 0 Å². The molecule has 0 radical (unpaired) electrons. The van der Waals surface area contributed by atoms with Crippen LogP contribution in [0.15, 0.2) is 152 Å². The Labute approximate surface area is 265 Å². The number of benzene rings is 6. The Morgan fingerprint density at radius 2 is 0.822 bits per heavy atom. The van der Waals surface area contributed by atoms with Gasteiger partial charge >= 0.3 is 0 Å². The maximum absolute atomic E-state index is 2.40. The van der Waals surface area contributed by atoms with E-state index in [1.165, 1.54) is 89.1 Å². The van der Waals surface area contributed by atoms with Gasteiger partial charge in [0.05, 0.1) is 5.56 Å². The molecule has 0 N–H and O–H groups in total. The largest absolute Gasteiger partial charge is 0.213 e. The average Bonchev–Trinajstić information content (AvgIpc) is 3.08. The first kappa shape index (κ1) is 27.0. The minimum Gasteiger partial charge on any atom is -0.201 e. The number of rotatable bonds is 3. The monoisotopic (exact) mass is 576 g/mol. The minimum absolute atomic E-state index is 1.21. The SMILES string of the molecule is Cc1c[n+](C)c(-c2c(C)ccc3c2-c2ccccc2-c2ccccc2-c2ccccc2-3)cc1-c1ccc(-c2ccccc2)cc1. The van der Waals surface area contributed by atoms with Crippen LogP contribution in [0, 0.1) is 13.8 Å². The molecular formula is C44H34N+. The van der Waals surface area contributed by atoms with E-state index in [0.29, 0.717) is 0 Å². The van der Waals surface area contributed by atoms with Crippen molar-refractivity contribution < 1.29 is 4.57 Å². The Balaban J connectivity index is 1.39. The highest BCUT2D eigenvalue weighted by molar-refractivity contribution is 6.07. The number of hydrogen-bond donors (Lipinski definition) is 0. The van der Waals surface area contributed by atoms with Crippen molar-refractivity contribution in [2.24, 2.45) is 7.05 Å². The van der Waals surface area contributed by atoms with Gasteiger partial charge in [0.1, 0.15) is 7.05 Å². The molecule has 1 nitrogen and oxygen atoms in total. The van der Waals surface area contributed by atoms with Gasteiger partial charge in [-0.05, 0) is 80.6 Å². The summed E-state index contributed by atoms with van der Waals surface area (Å²) in [5.41, 5.74) is 20.1. The number of fused-ring (bicyclic) bond motifs is 8. The molecule has 0 saturated heterocycles. The van der Waals surface area contributed by atoms with Crippen LogP contribution in [-0.4, -0.2) is 0 Å². The lowest BCUT2D eigenvalue weighted by Crippen LogP contribution is -2.31. The van der Waals surface area contributed by atoms with Gasteiger partial charge in [-0.2, -0.15) is 0 Å². The molecule has 1 heterocycles. The van der Waals surface area contributed by atoms with Crippen molar-refractivity contribution in [2.75, 3.05) is 0 Å². The zero-order chi connectivity index (χ0) is 30.5. The molecule has 0 fully saturated rings. The van der Waals surface area contributed by atoms with Crippen molar-refractivity contribution in [1.29, 1.82) is 0 Å². The molecule has 0 unspecified atom stereocenters. The van der Waals surface area contributed by atoms with Crippen LogP contribution >= 0.6 is 0 Å². The fraction of sp³-hybridized carbons (Fsp3) is 0.0682. The van der Waals surface area contributed by atoms with Crippen LogP contribution < -0.4 is 4.57 Å². The van der Waals surface area contributed by atoms with Gasteiger partial charge in [-0.3, -0.25) is 0 Å². The maximum Gasteiger partial charge on any atom is 0.213 e.